The topological polar surface area (TPSA) is 50.1 Å². The van der Waals surface area contributed by atoms with Crippen molar-refractivity contribution in [2.75, 3.05) is 7.11 Å². The lowest BCUT2D eigenvalue weighted by molar-refractivity contribution is -0.140. The number of nitrogens with zero attached hydrogens (tertiary/aromatic N) is 1. The van der Waals surface area contributed by atoms with Crippen LogP contribution in [0.1, 0.15) is 17.5 Å². The molecule has 78 valence electrons. The van der Waals surface area contributed by atoms with E-state index in [9.17, 15) is 4.79 Å². The molecule has 0 bridgehead atoms. The number of esters is 1. The molecule has 0 atom stereocenters. The van der Waals surface area contributed by atoms with Crippen LogP contribution < -0.4 is 0 Å². The summed E-state index contributed by atoms with van der Waals surface area (Å²) in [4.78, 5) is 10.9. The molecule has 0 saturated carbocycles. The summed E-state index contributed by atoms with van der Waals surface area (Å²) >= 11 is 0. The Morgan fingerprint density at radius 1 is 1.33 bits per heavy atom. The van der Waals surface area contributed by atoms with Gasteiger partial charge < -0.3 is 4.74 Å². The van der Waals surface area contributed by atoms with Gasteiger partial charge in [0.1, 0.15) is 0 Å². The molecule has 0 N–H and O–H groups in total. The van der Waals surface area contributed by atoms with Crippen molar-refractivity contribution in [3.05, 3.63) is 35.4 Å². The van der Waals surface area contributed by atoms with Crippen LogP contribution >= 0.6 is 0 Å². The molecule has 1 aromatic rings. The normalized spacial score (nSPS) is 9.33. The zero-order valence-corrected chi connectivity index (χ0v) is 8.69. The minimum absolute atomic E-state index is 0.198. The molecular formula is C12H13NO2. The highest BCUT2D eigenvalue weighted by Gasteiger charge is 2.01. The van der Waals surface area contributed by atoms with E-state index in [1.54, 1.807) is 0 Å². The first kappa shape index (κ1) is 11.3. The Labute approximate surface area is 89.3 Å². The summed E-state index contributed by atoms with van der Waals surface area (Å²) in [6.45, 7) is 0. The van der Waals surface area contributed by atoms with Gasteiger partial charge in [-0.1, -0.05) is 24.3 Å². The summed E-state index contributed by atoms with van der Waals surface area (Å²) in [7, 11) is 1.39. The molecule has 0 spiro atoms. The van der Waals surface area contributed by atoms with Crippen LogP contribution in [0.2, 0.25) is 0 Å². The fourth-order valence-corrected chi connectivity index (χ4v) is 1.26. The maximum atomic E-state index is 10.9. The van der Waals surface area contributed by atoms with E-state index in [-0.39, 0.29) is 5.97 Å². The number of hydrogen-bond donors (Lipinski definition) is 0. The highest BCUT2D eigenvalue weighted by atomic mass is 16.5. The predicted octanol–water partition coefficient (Wildman–Crippen LogP) is 1.86. The van der Waals surface area contributed by atoms with Crippen LogP contribution in [0.5, 0.6) is 0 Å². The predicted molar refractivity (Wildman–Crippen MR) is 56.1 cm³/mol. The SMILES string of the molecule is COC(=O)CCc1ccc(CC#N)cc1. The number of ether oxygens (including phenoxy) is 1. The summed E-state index contributed by atoms with van der Waals surface area (Å²) in [5.41, 5.74) is 2.08. The molecule has 3 nitrogen and oxygen atoms in total. The van der Waals surface area contributed by atoms with Crippen molar-refractivity contribution >= 4 is 5.97 Å². The van der Waals surface area contributed by atoms with E-state index >= 15 is 0 Å². The molecule has 0 aromatic heterocycles. The number of rotatable bonds is 4. The van der Waals surface area contributed by atoms with Crippen LogP contribution in [0.15, 0.2) is 24.3 Å². The summed E-state index contributed by atoms with van der Waals surface area (Å²) in [5.74, 6) is -0.198. The monoisotopic (exact) mass is 203 g/mol. The van der Waals surface area contributed by atoms with Crippen molar-refractivity contribution in [1.82, 2.24) is 0 Å². The van der Waals surface area contributed by atoms with E-state index in [0.717, 1.165) is 11.1 Å². The molecule has 0 amide bonds. The molecule has 0 unspecified atom stereocenters. The van der Waals surface area contributed by atoms with Gasteiger partial charge in [-0.15, -0.1) is 0 Å². The Morgan fingerprint density at radius 3 is 2.47 bits per heavy atom. The molecule has 3 heteroatoms. The zero-order valence-electron chi connectivity index (χ0n) is 8.69. The fraction of sp³-hybridized carbons (Fsp3) is 0.333. The summed E-state index contributed by atoms with van der Waals surface area (Å²) < 4.78 is 4.55. The largest absolute Gasteiger partial charge is 0.469 e. The van der Waals surface area contributed by atoms with Gasteiger partial charge in [0, 0.05) is 6.42 Å². The Kier molecular flexibility index (Phi) is 4.36. The fourth-order valence-electron chi connectivity index (χ4n) is 1.26. The second-order valence-electron chi connectivity index (χ2n) is 3.23. The number of aryl methyl sites for hydroxylation is 1. The van der Waals surface area contributed by atoms with Gasteiger partial charge in [-0.05, 0) is 17.5 Å². The molecule has 0 fully saturated rings. The van der Waals surface area contributed by atoms with Crippen molar-refractivity contribution in [1.29, 1.82) is 5.26 Å². The third kappa shape index (κ3) is 3.82. The van der Waals surface area contributed by atoms with Crippen LogP contribution in [0.25, 0.3) is 0 Å². The molecule has 0 aliphatic heterocycles. The van der Waals surface area contributed by atoms with Crippen molar-refractivity contribution < 1.29 is 9.53 Å². The quantitative estimate of drug-likeness (QED) is 0.702. The van der Waals surface area contributed by atoms with Crippen LogP contribution in [-0.2, 0) is 22.4 Å². The molecule has 1 rings (SSSR count). The standard InChI is InChI=1S/C12H13NO2/c1-15-12(14)7-6-10-2-4-11(5-3-10)8-9-13/h2-5H,6-8H2,1H3. The third-order valence-corrected chi connectivity index (χ3v) is 2.15. The Hall–Kier alpha value is -1.82. The number of benzene rings is 1. The number of carbonyl (C=O) groups is 1. The number of methoxy groups -OCH3 is 1. The smallest absolute Gasteiger partial charge is 0.305 e. The molecule has 0 aliphatic carbocycles. The van der Waals surface area contributed by atoms with Gasteiger partial charge in [0.25, 0.3) is 0 Å². The summed E-state index contributed by atoms with van der Waals surface area (Å²) in [5, 5.41) is 8.49. The first-order valence-electron chi connectivity index (χ1n) is 4.78. The molecule has 0 saturated heterocycles. The van der Waals surface area contributed by atoms with Gasteiger partial charge in [-0.2, -0.15) is 5.26 Å². The Morgan fingerprint density at radius 2 is 1.93 bits per heavy atom. The van der Waals surface area contributed by atoms with Gasteiger partial charge in [-0.25, -0.2) is 0 Å². The van der Waals surface area contributed by atoms with Crippen molar-refractivity contribution in [2.45, 2.75) is 19.3 Å². The van der Waals surface area contributed by atoms with E-state index in [0.29, 0.717) is 19.3 Å². The Balaban J connectivity index is 2.50. The number of hydrogen-bond acceptors (Lipinski definition) is 3. The second-order valence-corrected chi connectivity index (χ2v) is 3.23. The van der Waals surface area contributed by atoms with E-state index in [2.05, 4.69) is 10.8 Å². The molecule has 0 aliphatic rings. The van der Waals surface area contributed by atoms with E-state index in [1.807, 2.05) is 24.3 Å². The van der Waals surface area contributed by atoms with Crippen LogP contribution in [0, 0.1) is 11.3 Å². The van der Waals surface area contributed by atoms with E-state index in [1.165, 1.54) is 7.11 Å². The van der Waals surface area contributed by atoms with Crippen molar-refractivity contribution in [3.8, 4) is 6.07 Å². The molecule has 0 radical (unpaired) electrons. The van der Waals surface area contributed by atoms with Crippen molar-refractivity contribution in [3.63, 3.8) is 0 Å². The molecular weight excluding hydrogens is 190 g/mol. The van der Waals surface area contributed by atoms with E-state index < -0.39 is 0 Å². The van der Waals surface area contributed by atoms with E-state index in [4.69, 9.17) is 5.26 Å². The first-order chi connectivity index (χ1) is 7.26. The van der Waals surface area contributed by atoms with Crippen LogP contribution in [0.4, 0.5) is 0 Å². The van der Waals surface area contributed by atoms with Gasteiger partial charge in [-0.3, -0.25) is 4.79 Å². The Bertz CT molecular complexity index is 362. The third-order valence-electron chi connectivity index (χ3n) is 2.15. The lowest BCUT2D eigenvalue weighted by atomic mass is 10.1. The number of carbonyl (C=O) groups excluding carboxylic acids is 1. The van der Waals surface area contributed by atoms with Crippen LogP contribution in [0.3, 0.4) is 0 Å². The average Bonchev–Trinajstić information content (AvgIpc) is 2.28. The van der Waals surface area contributed by atoms with Crippen molar-refractivity contribution in [2.24, 2.45) is 0 Å². The van der Waals surface area contributed by atoms with Gasteiger partial charge >= 0.3 is 5.97 Å². The zero-order chi connectivity index (χ0) is 11.1. The lowest BCUT2D eigenvalue weighted by Gasteiger charge is -2.01. The maximum Gasteiger partial charge on any atom is 0.305 e. The molecule has 15 heavy (non-hydrogen) atoms. The summed E-state index contributed by atoms with van der Waals surface area (Å²) in [6.07, 6.45) is 1.50. The van der Waals surface area contributed by atoms with Gasteiger partial charge in [0.05, 0.1) is 19.6 Å². The highest BCUT2D eigenvalue weighted by Crippen LogP contribution is 2.07. The van der Waals surface area contributed by atoms with Gasteiger partial charge in [0.2, 0.25) is 0 Å². The first-order valence-corrected chi connectivity index (χ1v) is 4.78. The second kappa shape index (κ2) is 5.82. The van der Waals surface area contributed by atoms with Gasteiger partial charge in [0.15, 0.2) is 0 Å². The van der Waals surface area contributed by atoms with Crippen LogP contribution in [-0.4, -0.2) is 13.1 Å². The molecule has 1 aromatic carbocycles. The highest BCUT2D eigenvalue weighted by molar-refractivity contribution is 5.69. The molecule has 0 heterocycles. The lowest BCUT2D eigenvalue weighted by Crippen LogP contribution is -2.01. The summed E-state index contributed by atoms with van der Waals surface area (Å²) in [6, 6.07) is 9.79. The minimum atomic E-state index is -0.198. The minimum Gasteiger partial charge on any atom is -0.469 e. The average molecular weight is 203 g/mol. The number of nitriles is 1. The maximum absolute atomic E-state index is 10.9.